The van der Waals surface area contributed by atoms with Crippen molar-refractivity contribution in [1.29, 1.82) is 0 Å². The summed E-state index contributed by atoms with van der Waals surface area (Å²) >= 11 is 0. The smallest absolute Gasteiger partial charge is 0.244 e. The Balaban J connectivity index is 2.11. The number of nitrogens with zero attached hydrogens (tertiary/aromatic N) is 2. The normalized spacial score (nSPS) is 11.5. The van der Waals surface area contributed by atoms with Gasteiger partial charge in [-0.25, -0.2) is 0 Å². The van der Waals surface area contributed by atoms with E-state index >= 15 is 0 Å². The number of rotatable bonds is 8. The van der Waals surface area contributed by atoms with Crippen LogP contribution in [0.3, 0.4) is 0 Å². The maximum absolute atomic E-state index is 13.2. The van der Waals surface area contributed by atoms with E-state index < -0.39 is 6.04 Å². The fourth-order valence-electron chi connectivity index (χ4n) is 3.12. The zero-order valence-corrected chi connectivity index (χ0v) is 16.7. The van der Waals surface area contributed by atoms with Gasteiger partial charge in [-0.1, -0.05) is 56.2 Å². The minimum Gasteiger partial charge on any atom is -0.335 e. The lowest BCUT2D eigenvalue weighted by Gasteiger charge is -2.32. The lowest BCUT2D eigenvalue weighted by atomic mass is 10.0. The van der Waals surface area contributed by atoms with Crippen molar-refractivity contribution in [2.24, 2.45) is 0 Å². The van der Waals surface area contributed by atoms with E-state index in [2.05, 4.69) is 16.1 Å². The molecule has 5 heteroatoms. The quantitative estimate of drug-likeness (QED) is 0.719. The van der Waals surface area contributed by atoms with Gasteiger partial charge in [-0.2, -0.15) is 0 Å². The molecule has 0 heterocycles. The van der Waals surface area contributed by atoms with Crippen molar-refractivity contribution < 1.29 is 9.59 Å². The van der Waals surface area contributed by atoms with Gasteiger partial charge in [0.2, 0.25) is 11.8 Å². The van der Waals surface area contributed by atoms with Crippen molar-refractivity contribution in [2.75, 3.05) is 32.0 Å². The highest BCUT2D eigenvalue weighted by molar-refractivity contribution is 5.95. The molecular formula is C23H27N3O2. The first kappa shape index (κ1) is 21.2. The van der Waals surface area contributed by atoms with Gasteiger partial charge in [0.05, 0.1) is 6.54 Å². The molecule has 1 unspecified atom stereocenters. The van der Waals surface area contributed by atoms with Crippen molar-refractivity contribution in [1.82, 2.24) is 9.80 Å². The highest BCUT2D eigenvalue weighted by Gasteiger charge is 2.29. The van der Waals surface area contributed by atoms with Crippen molar-refractivity contribution in [3.05, 3.63) is 65.7 Å². The number of carbonyl (C=O) groups excluding carboxylic acids is 2. The lowest BCUT2D eigenvalue weighted by molar-refractivity contribution is -0.138. The van der Waals surface area contributed by atoms with Crippen LogP contribution in [-0.4, -0.2) is 48.3 Å². The summed E-state index contributed by atoms with van der Waals surface area (Å²) in [5.41, 5.74) is 2.22. The summed E-state index contributed by atoms with van der Waals surface area (Å²) in [6.07, 6.45) is 5.39. The number of hydrogen-bond acceptors (Lipinski definition) is 3. The average molecular weight is 377 g/mol. The third-order valence-corrected chi connectivity index (χ3v) is 4.60. The van der Waals surface area contributed by atoms with Crippen LogP contribution in [0.25, 0.3) is 0 Å². The van der Waals surface area contributed by atoms with Gasteiger partial charge in [-0.15, -0.1) is 6.42 Å². The SMILES string of the molecule is C#Cc1cccc(NC(=O)CN(C)C(=O)C(c2ccccc2)N(CC)CC)c1. The van der Waals surface area contributed by atoms with Gasteiger partial charge >= 0.3 is 0 Å². The van der Waals surface area contributed by atoms with Crippen LogP contribution in [0.1, 0.15) is 31.0 Å². The van der Waals surface area contributed by atoms with Crippen LogP contribution in [0.2, 0.25) is 0 Å². The summed E-state index contributed by atoms with van der Waals surface area (Å²) in [6, 6.07) is 16.3. The number of anilines is 1. The lowest BCUT2D eigenvalue weighted by Crippen LogP contribution is -2.44. The Morgan fingerprint density at radius 1 is 1.07 bits per heavy atom. The van der Waals surface area contributed by atoms with Crippen LogP contribution in [0.15, 0.2) is 54.6 Å². The van der Waals surface area contributed by atoms with Gasteiger partial charge < -0.3 is 10.2 Å². The third-order valence-electron chi connectivity index (χ3n) is 4.60. The van der Waals surface area contributed by atoms with E-state index in [1.807, 2.05) is 44.2 Å². The Morgan fingerprint density at radius 2 is 1.75 bits per heavy atom. The Morgan fingerprint density at radius 3 is 2.36 bits per heavy atom. The molecular weight excluding hydrogens is 350 g/mol. The van der Waals surface area contributed by atoms with E-state index in [0.717, 1.165) is 18.7 Å². The van der Waals surface area contributed by atoms with Crippen molar-refractivity contribution >= 4 is 17.5 Å². The van der Waals surface area contributed by atoms with Gasteiger partial charge in [0, 0.05) is 18.3 Å². The summed E-state index contributed by atoms with van der Waals surface area (Å²) < 4.78 is 0. The minimum atomic E-state index is -0.418. The van der Waals surface area contributed by atoms with Gasteiger partial charge in [0.25, 0.3) is 0 Å². The highest BCUT2D eigenvalue weighted by Crippen LogP contribution is 2.22. The van der Waals surface area contributed by atoms with Crippen LogP contribution in [0, 0.1) is 12.3 Å². The molecule has 0 saturated carbocycles. The molecule has 0 radical (unpaired) electrons. The van der Waals surface area contributed by atoms with Crippen molar-refractivity contribution in [2.45, 2.75) is 19.9 Å². The molecule has 2 amide bonds. The van der Waals surface area contributed by atoms with Crippen LogP contribution in [0.4, 0.5) is 5.69 Å². The summed E-state index contributed by atoms with van der Waals surface area (Å²) in [5, 5.41) is 2.80. The molecule has 0 aliphatic carbocycles. The Bertz CT molecular complexity index is 838. The topological polar surface area (TPSA) is 52.7 Å². The van der Waals surface area contributed by atoms with E-state index in [0.29, 0.717) is 11.3 Å². The van der Waals surface area contributed by atoms with E-state index in [4.69, 9.17) is 6.42 Å². The van der Waals surface area contributed by atoms with E-state index in [1.54, 1.807) is 31.3 Å². The molecule has 0 bridgehead atoms. The summed E-state index contributed by atoms with van der Waals surface area (Å²) in [7, 11) is 1.65. The molecule has 1 N–H and O–H groups in total. The molecule has 0 fully saturated rings. The summed E-state index contributed by atoms with van der Waals surface area (Å²) in [4.78, 5) is 29.1. The Labute approximate surface area is 167 Å². The van der Waals surface area contributed by atoms with Gasteiger partial charge in [0.15, 0.2) is 0 Å². The Kier molecular flexibility index (Phi) is 7.79. The zero-order chi connectivity index (χ0) is 20.5. The van der Waals surface area contributed by atoms with Gasteiger partial charge in [0.1, 0.15) is 6.04 Å². The van der Waals surface area contributed by atoms with Gasteiger partial charge in [-0.3, -0.25) is 14.5 Å². The molecule has 0 aromatic heterocycles. The number of amides is 2. The molecule has 0 spiro atoms. The number of carbonyl (C=O) groups is 2. The van der Waals surface area contributed by atoms with E-state index in [1.165, 1.54) is 4.90 Å². The maximum Gasteiger partial charge on any atom is 0.244 e. The fourth-order valence-corrected chi connectivity index (χ4v) is 3.12. The molecule has 28 heavy (non-hydrogen) atoms. The number of benzene rings is 2. The largest absolute Gasteiger partial charge is 0.335 e. The first-order valence-electron chi connectivity index (χ1n) is 9.40. The molecule has 5 nitrogen and oxygen atoms in total. The first-order chi connectivity index (χ1) is 13.5. The second kappa shape index (κ2) is 10.3. The highest BCUT2D eigenvalue weighted by atomic mass is 16.2. The van der Waals surface area contributed by atoms with Crippen molar-refractivity contribution in [3.63, 3.8) is 0 Å². The number of likely N-dealkylation sites (N-methyl/N-ethyl adjacent to an activating group) is 2. The van der Waals surface area contributed by atoms with Gasteiger partial charge in [-0.05, 0) is 36.9 Å². The first-order valence-corrected chi connectivity index (χ1v) is 9.40. The standard InChI is InChI=1S/C23H27N3O2/c1-5-18-12-11-15-20(16-18)24-21(27)17-25(4)23(28)22(26(6-2)7-3)19-13-9-8-10-14-19/h1,8-16,22H,6-7,17H2,2-4H3,(H,24,27). The fraction of sp³-hybridized carbons (Fsp3) is 0.304. The number of hydrogen-bond donors (Lipinski definition) is 1. The van der Waals surface area contributed by atoms with Crippen LogP contribution in [0.5, 0.6) is 0 Å². The van der Waals surface area contributed by atoms with Crippen LogP contribution in [-0.2, 0) is 9.59 Å². The average Bonchev–Trinajstić information content (AvgIpc) is 2.72. The van der Waals surface area contributed by atoms with E-state index in [9.17, 15) is 9.59 Å². The molecule has 2 rings (SSSR count). The summed E-state index contributed by atoms with van der Waals surface area (Å²) in [5.74, 6) is 2.16. The zero-order valence-electron chi connectivity index (χ0n) is 16.7. The molecule has 0 aliphatic heterocycles. The molecule has 0 aliphatic rings. The predicted molar refractivity (Wildman–Crippen MR) is 113 cm³/mol. The number of terminal acetylenes is 1. The minimum absolute atomic E-state index is 0.0380. The second-order valence-corrected chi connectivity index (χ2v) is 6.50. The predicted octanol–water partition coefficient (Wildman–Crippen LogP) is 3.15. The number of nitrogens with one attached hydrogen (secondary N) is 1. The monoisotopic (exact) mass is 377 g/mol. The molecule has 1 atom stereocenters. The maximum atomic E-state index is 13.2. The van der Waals surface area contributed by atoms with Crippen LogP contribution >= 0.6 is 0 Å². The molecule has 0 saturated heterocycles. The molecule has 146 valence electrons. The molecule has 2 aromatic carbocycles. The Hall–Kier alpha value is -3.10. The second-order valence-electron chi connectivity index (χ2n) is 6.50. The third kappa shape index (κ3) is 5.45. The molecule has 2 aromatic rings. The van der Waals surface area contributed by atoms with Crippen LogP contribution < -0.4 is 5.32 Å². The summed E-state index contributed by atoms with van der Waals surface area (Å²) in [6.45, 7) is 5.49. The van der Waals surface area contributed by atoms with E-state index in [-0.39, 0.29) is 18.4 Å². The van der Waals surface area contributed by atoms with Crippen molar-refractivity contribution in [3.8, 4) is 12.3 Å².